The zero-order valence-electron chi connectivity index (χ0n) is 10.2. The molecule has 1 aliphatic rings. The smallest absolute Gasteiger partial charge is 0.337 e. The van der Waals surface area contributed by atoms with Crippen molar-refractivity contribution in [1.29, 1.82) is 0 Å². The van der Waals surface area contributed by atoms with Gasteiger partial charge in [0.2, 0.25) is 0 Å². The van der Waals surface area contributed by atoms with Gasteiger partial charge in [-0.3, -0.25) is 0 Å². The normalized spacial score (nSPS) is 19.8. The molecule has 1 saturated heterocycles. The van der Waals surface area contributed by atoms with Crippen LogP contribution in [0.5, 0.6) is 0 Å². The summed E-state index contributed by atoms with van der Waals surface area (Å²) in [5.41, 5.74) is 2.16. The second-order valence-electron chi connectivity index (χ2n) is 4.44. The number of nitrogens with zero attached hydrogens (tertiary/aromatic N) is 1. The minimum absolute atomic E-state index is 0.381. The number of rotatable bonds is 4. The number of nitrogens with one attached hydrogen (secondary N) is 1. The molecular formula is C12H18N2O3. The predicted molar refractivity (Wildman–Crippen MR) is 63.2 cm³/mol. The first-order valence-electron chi connectivity index (χ1n) is 5.79. The van der Waals surface area contributed by atoms with Gasteiger partial charge in [0.05, 0.1) is 12.2 Å². The summed E-state index contributed by atoms with van der Waals surface area (Å²) < 4.78 is 7.20. The molecule has 0 aromatic carbocycles. The molecule has 2 heterocycles. The second kappa shape index (κ2) is 4.89. The van der Waals surface area contributed by atoms with E-state index in [1.165, 1.54) is 0 Å². The van der Waals surface area contributed by atoms with Gasteiger partial charge in [0, 0.05) is 37.6 Å². The second-order valence-corrected chi connectivity index (χ2v) is 4.44. The van der Waals surface area contributed by atoms with Gasteiger partial charge in [0.1, 0.15) is 0 Å². The van der Waals surface area contributed by atoms with Crippen LogP contribution in [-0.4, -0.2) is 34.9 Å². The number of carboxylic acid groups (broad SMARTS) is 1. The van der Waals surface area contributed by atoms with E-state index in [9.17, 15) is 4.79 Å². The molecule has 2 rings (SSSR count). The highest BCUT2D eigenvalue weighted by Gasteiger charge is 2.17. The average Bonchev–Trinajstić information content (AvgIpc) is 2.88. The Morgan fingerprint density at radius 1 is 1.71 bits per heavy atom. The Labute approximate surface area is 100 Å². The van der Waals surface area contributed by atoms with E-state index in [-0.39, 0.29) is 0 Å². The molecule has 1 unspecified atom stereocenters. The van der Waals surface area contributed by atoms with Crippen LogP contribution in [0.4, 0.5) is 0 Å². The molecule has 1 aromatic rings. The molecule has 0 bridgehead atoms. The largest absolute Gasteiger partial charge is 0.478 e. The van der Waals surface area contributed by atoms with E-state index in [1.807, 2.05) is 18.5 Å². The first kappa shape index (κ1) is 12.1. The molecule has 94 valence electrons. The summed E-state index contributed by atoms with van der Waals surface area (Å²) in [5.74, 6) is -0.867. The van der Waals surface area contributed by atoms with E-state index >= 15 is 0 Å². The Morgan fingerprint density at radius 2 is 2.47 bits per heavy atom. The molecular weight excluding hydrogens is 220 g/mol. The van der Waals surface area contributed by atoms with E-state index in [1.54, 1.807) is 6.07 Å². The molecule has 17 heavy (non-hydrogen) atoms. The van der Waals surface area contributed by atoms with Crippen molar-refractivity contribution in [2.24, 2.45) is 7.05 Å². The number of carbonyl (C=O) groups is 1. The van der Waals surface area contributed by atoms with Gasteiger partial charge >= 0.3 is 5.97 Å². The number of ether oxygens (including phenoxy) is 1. The van der Waals surface area contributed by atoms with Gasteiger partial charge < -0.3 is 19.7 Å². The lowest BCUT2D eigenvalue weighted by Crippen LogP contribution is -2.29. The van der Waals surface area contributed by atoms with Gasteiger partial charge in [0.25, 0.3) is 0 Å². The van der Waals surface area contributed by atoms with E-state index in [0.717, 1.165) is 31.0 Å². The maximum absolute atomic E-state index is 11.0. The third-order valence-electron chi connectivity index (χ3n) is 3.37. The summed E-state index contributed by atoms with van der Waals surface area (Å²) in [7, 11) is 1.89. The molecule has 5 heteroatoms. The molecule has 0 spiro atoms. The lowest BCUT2D eigenvalue weighted by molar-refractivity contribution is 0.0696. The van der Waals surface area contributed by atoms with Gasteiger partial charge in [-0.15, -0.1) is 0 Å². The molecule has 1 atom stereocenters. The molecule has 1 aliphatic heterocycles. The van der Waals surface area contributed by atoms with Gasteiger partial charge in [-0.2, -0.15) is 0 Å². The summed E-state index contributed by atoms with van der Waals surface area (Å²) >= 11 is 0. The van der Waals surface area contributed by atoms with Crippen molar-refractivity contribution in [3.05, 3.63) is 23.0 Å². The Morgan fingerprint density at radius 3 is 3.00 bits per heavy atom. The van der Waals surface area contributed by atoms with Gasteiger partial charge in [-0.05, 0) is 19.4 Å². The van der Waals surface area contributed by atoms with Crippen LogP contribution in [0.25, 0.3) is 0 Å². The van der Waals surface area contributed by atoms with E-state index < -0.39 is 5.97 Å². The minimum atomic E-state index is -0.867. The lowest BCUT2D eigenvalue weighted by atomic mass is 10.2. The zero-order chi connectivity index (χ0) is 12.4. The number of hydrogen-bond acceptors (Lipinski definition) is 3. The Kier molecular flexibility index (Phi) is 3.49. The van der Waals surface area contributed by atoms with Crippen molar-refractivity contribution in [2.45, 2.75) is 25.9 Å². The molecule has 1 fully saturated rings. The highest BCUT2D eigenvalue weighted by atomic mass is 16.5. The predicted octanol–water partition coefficient (Wildman–Crippen LogP) is 0.910. The first-order valence-corrected chi connectivity index (χ1v) is 5.79. The molecule has 2 N–H and O–H groups in total. The van der Waals surface area contributed by atoms with Crippen LogP contribution in [0, 0.1) is 6.92 Å². The molecule has 0 amide bonds. The summed E-state index contributed by atoms with van der Waals surface area (Å²) in [6, 6.07) is 2.12. The summed E-state index contributed by atoms with van der Waals surface area (Å²) in [6.07, 6.45) is 1.02. The van der Waals surface area contributed by atoms with Gasteiger partial charge in [-0.25, -0.2) is 4.79 Å². The lowest BCUT2D eigenvalue weighted by Gasteiger charge is -2.11. The van der Waals surface area contributed by atoms with E-state index in [2.05, 4.69) is 5.32 Å². The average molecular weight is 238 g/mol. The number of hydrogen-bond donors (Lipinski definition) is 2. The fourth-order valence-corrected chi connectivity index (χ4v) is 2.09. The quantitative estimate of drug-likeness (QED) is 0.818. The van der Waals surface area contributed by atoms with Crippen LogP contribution in [-0.2, 0) is 18.3 Å². The maximum atomic E-state index is 11.0. The SMILES string of the molecule is Cc1c(C(=O)O)cc(CNC2CCOC2)n1C. The van der Waals surface area contributed by atoms with Gasteiger partial charge in [-0.1, -0.05) is 0 Å². The van der Waals surface area contributed by atoms with Gasteiger partial charge in [0.15, 0.2) is 0 Å². The van der Waals surface area contributed by atoms with Crippen molar-refractivity contribution < 1.29 is 14.6 Å². The third-order valence-corrected chi connectivity index (χ3v) is 3.37. The fraction of sp³-hybridized carbons (Fsp3) is 0.583. The third kappa shape index (κ3) is 2.50. The molecule has 1 aromatic heterocycles. The van der Waals surface area contributed by atoms with E-state index in [4.69, 9.17) is 9.84 Å². The summed E-state index contributed by atoms with van der Waals surface area (Å²) in [6.45, 7) is 4.06. The van der Waals surface area contributed by atoms with E-state index in [0.29, 0.717) is 18.2 Å². The molecule has 0 aliphatic carbocycles. The van der Waals surface area contributed by atoms with Crippen molar-refractivity contribution in [2.75, 3.05) is 13.2 Å². The zero-order valence-corrected chi connectivity index (χ0v) is 10.2. The van der Waals surface area contributed by atoms with Crippen LogP contribution in [0.2, 0.25) is 0 Å². The van der Waals surface area contributed by atoms with Crippen molar-refractivity contribution in [1.82, 2.24) is 9.88 Å². The summed E-state index contributed by atoms with van der Waals surface area (Å²) in [5, 5.41) is 12.4. The number of carboxylic acids is 1. The number of aromatic nitrogens is 1. The minimum Gasteiger partial charge on any atom is -0.478 e. The monoisotopic (exact) mass is 238 g/mol. The Balaban J connectivity index is 2.05. The van der Waals surface area contributed by atoms with Crippen LogP contribution in [0.15, 0.2) is 6.07 Å². The Bertz CT molecular complexity index is 420. The van der Waals surface area contributed by atoms with Crippen LogP contribution in [0.1, 0.15) is 28.2 Å². The highest BCUT2D eigenvalue weighted by Crippen LogP contribution is 2.14. The first-order chi connectivity index (χ1) is 8.09. The topological polar surface area (TPSA) is 63.5 Å². The maximum Gasteiger partial charge on any atom is 0.337 e. The van der Waals surface area contributed by atoms with Crippen LogP contribution in [0.3, 0.4) is 0 Å². The van der Waals surface area contributed by atoms with Crippen molar-refractivity contribution >= 4 is 5.97 Å². The standard InChI is InChI=1S/C12H18N2O3/c1-8-11(12(15)16)5-10(14(8)2)6-13-9-3-4-17-7-9/h5,9,13H,3-4,6-7H2,1-2H3,(H,15,16). The fourth-order valence-electron chi connectivity index (χ4n) is 2.09. The van der Waals surface area contributed by atoms with Crippen molar-refractivity contribution in [3.8, 4) is 0 Å². The molecule has 0 radical (unpaired) electrons. The number of aromatic carboxylic acids is 1. The molecule has 5 nitrogen and oxygen atoms in total. The van der Waals surface area contributed by atoms with Crippen molar-refractivity contribution in [3.63, 3.8) is 0 Å². The molecule has 0 saturated carbocycles. The van der Waals surface area contributed by atoms with Crippen LogP contribution < -0.4 is 5.32 Å². The Hall–Kier alpha value is -1.33. The van der Waals surface area contributed by atoms with Crippen LogP contribution >= 0.6 is 0 Å². The highest BCUT2D eigenvalue weighted by molar-refractivity contribution is 5.89. The summed E-state index contributed by atoms with van der Waals surface area (Å²) in [4.78, 5) is 11.0.